The molecule has 1 unspecified atom stereocenters. The summed E-state index contributed by atoms with van der Waals surface area (Å²) in [5, 5.41) is 0.994. The van der Waals surface area contributed by atoms with Gasteiger partial charge in [0.15, 0.2) is 0 Å². The van der Waals surface area contributed by atoms with Crippen LogP contribution in [0.1, 0.15) is 36.7 Å². The number of nitrogens with zero attached hydrogens (tertiary/aromatic N) is 4. The van der Waals surface area contributed by atoms with Crippen molar-refractivity contribution < 1.29 is 14.4 Å². The second-order valence-electron chi connectivity index (χ2n) is 7.05. The molecular formula is C19H22N4O3S. The van der Waals surface area contributed by atoms with Crippen LogP contribution in [0.4, 0.5) is 4.79 Å². The number of likely N-dealkylation sites (N-methyl/N-ethyl adjacent to an activating group) is 1. The Balaban J connectivity index is 1.38. The molecule has 1 atom stereocenters. The van der Waals surface area contributed by atoms with Gasteiger partial charge in [-0.25, -0.2) is 9.78 Å². The molecule has 2 aliphatic heterocycles. The summed E-state index contributed by atoms with van der Waals surface area (Å²) in [5.74, 6) is -0.118. The molecule has 2 aromatic rings. The average molecular weight is 386 g/mol. The third kappa shape index (κ3) is 3.41. The SMILES string of the molecule is CN1CC(=O)N(CCCC(=O)N2CCCC2c2nc3ccccc3s2)C1=O. The fourth-order valence-electron chi connectivity index (χ4n) is 3.78. The van der Waals surface area contributed by atoms with E-state index in [0.29, 0.717) is 19.4 Å². The summed E-state index contributed by atoms with van der Waals surface area (Å²) in [6.45, 7) is 1.16. The zero-order valence-corrected chi connectivity index (χ0v) is 16.1. The molecule has 0 aliphatic carbocycles. The third-order valence-corrected chi connectivity index (χ3v) is 6.31. The maximum atomic E-state index is 12.7. The van der Waals surface area contributed by atoms with Gasteiger partial charge in [0.1, 0.15) is 11.6 Å². The number of rotatable bonds is 5. The number of aromatic nitrogens is 1. The molecule has 4 amide bonds. The first kappa shape index (κ1) is 17.9. The van der Waals surface area contributed by atoms with Crippen molar-refractivity contribution in [1.82, 2.24) is 19.7 Å². The Bertz CT molecular complexity index is 863. The monoisotopic (exact) mass is 386 g/mol. The predicted octanol–water partition coefficient (Wildman–Crippen LogP) is 2.63. The second-order valence-corrected chi connectivity index (χ2v) is 8.11. The maximum absolute atomic E-state index is 12.7. The van der Waals surface area contributed by atoms with Crippen molar-refractivity contribution in [3.63, 3.8) is 0 Å². The summed E-state index contributed by atoms with van der Waals surface area (Å²) in [4.78, 5) is 45.7. The quantitative estimate of drug-likeness (QED) is 0.741. The summed E-state index contributed by atoms with van der Waals surface area (Å²) in [6.07, 6.45) is 2.73. The minimum Gasteiger partial charge on any atom is -0.333 e. The van der Waals surface area contributed by atoms with Crippen molar-refractivity contribution in [1.29, 1.82) is 0 Å². The number of likely N-dealkylation sites (tertiary alicyclic amines) is 1. The highest BCUT2D eigenvalue weighted by molar-refractivity contribution is 7.18. The van der Waals surface area contributed by atoms with Crippen LogP contribution >= 0.6 is 11.3 Å². The second kappa shape index (κ2) is 7.26. The van der Waals surface area contributed by atoms with Gasteiger partial charge in [-0.3, -0.25) is 14.5 Å². The van der Waals surface area contributed by atoms with Gasteiger partial charge in [-0.2, -0.15) is 0 Å². The van der Waals surface area contributed by atoms with Crippen LogP contribution in [0, 0.1) is 0 Å². The van der Waals surface area contributed by atoms with E-state index in [-0.39, 0.29) is 30.4 Å². The molecule has 2 saturated heterocycles. The van der Waals surface area contributed by atoms with Gasteiger partial charge in [-0.05, 0) is 31.4 Å². The van der Waals surface area contributed by atoms with Crippen LogP contribution in [0.3, 0.4) is 0 Å². The average Bonchev–Trinajstić information content (AvgIpc) is 3.34. The Kier molecular flexibility index (Phi) is 4.82. The molecule has 3 heterocycles. The molecule has 0 bridgehead atoms. The molecule has 0 spiro atoms. The van der Waals surface area contributed by atoms with Crippen molar-refractivity contribution in [2.75, 3.05) is 26.7 Å². The first-order valence-electron chi connectivity index (χ1n) is 9.25. The van der Waals surface area contributed by atoms with Gasteiger partial charge in [0.25, 0.3) is 0 Å². The van der Waals surface area contributed by atoms with E-state index in [2.05, 4.69) is 6.07 Å². The number of fused-ring (bicyclic) bond motifs is 1. The van der Waals surface area contributed by atoms with Crippen LogP contribution in [0.15, 0.2) is 24.3 Å². The van der Waals surface area contributed by atoms with Crippen molar-refractivity contribution in [2.45, 2.75) is 31.7 Å². The van der Waals surface area contributed by atoms with Gasteiger partial charge < -0.3 is 9.80 Å². The highest BCUT2D eigenvalue weighted by Crippen LogP contribution is 2.36. The van der Waals surface area contributed by atoms with Crippen LogP contribution in [0.2, 0.25) is 0 Å². The molecule has 2 aliphatic rings. The zero-order chi connectivity index (χ0) is 19.0. The predicted molar refractivity (Wildman–Crippen MR) is 102 cm³/mol. The topological polar surface area (TPSA) is 73.8 Å². The maximum Gasteiger partial charge on any atom is 0.326 e. The van der Waals surface area contributed by atoms with E-state index in [1.807, 2.05) is 23.1 Å². The van der Waals surface area contributed by atoms with E-state index >= 15 is 0 Å². The Morgan fingerprint density at radius 2 is 2.11 bits per heavy atom. The van der Waals surface area contributed by atoms with E-state index in [0.717, 1.165) is 34.6 Å². The highest BCUT2D eigenvalue weighted by atomic mass is 32.1. The van der Waals surface area contributed by atoms with Gasteiger partial charge in [0.05, 0.1) is 16.3 Å². The van der Waals surface area contributed by atoms with Crippen molar-refractivity contribution in [2.24, 2.45) is 0 Å². The molecule has 8 heteroatoms. The highest BCUT2D eigenvalue weighted by Gasteiger charge is 2.34. The molecule has 27 heavy (non-hydrogen) atoms. The van der Waals surface area contributed by atoms with E-state index in [1.54, 1.807) is 18.4 Å². The molecule has 0 radical (unpaired) electrons. The normalized spacial score (nSPS) is 20.3. The largest absolute Gasteiger partial charge is 0.333 e. The summed E-state index contributed by atoms with van der Waals surface area (Å²) in [5.41, 5.74) is 0.979. The number of carbonyl (C=O) groups is 3. The fourth-order valence-corrected chi connectivity index (χ4v) is 4.89. The van der Waals surface area contributed by atoms with Gasteiger partial charge in [0, 0.05) is 26.6 Å². The first-order valence-corrected chi connectivity index (χ1v) is 10.1. The molecule has 0 saturated carbocycles. The lowest BCUT2D eigenvalue weighted by Crippen LogP contribution is -2.34. The number of thiazole rings is 1. The fraction of sp³-hybridized carbons (Fsp3) is 0.474. The number of urea groups is 1. The van der Waals surface area contributed by atoms with Crippen LogP contribution in [-0.2, 0) is 9.59 Å². The first-order chi connectivity index (χ1) is 13.0. The van der Waals surface area contributed by atoms with Gasteiger partial charge in [-0.15, -0.1) is 11.3 Å². The molecule has 0 N–H and O–H groups in total. The zero-order valence-electron chi connectivity index (χ0n) is 15.3. The Morgan fingerprint density at radius 3 is 2.85 bits per heavy atom. The molecule has 2 fully saturated rings. The minimum atomic E-state index is -0.277. The van der Waals surface area contributed by atoms with E-state index in [4.69, 9.17) is 4.98 Å². The molecule has 4 rings (SSSR count). The van der Waals surface area contributed by atoms with Crippen LogP contribution < -0.4 is 0 Å². The Labute approximate surface area is 161 Å². The van der Waals surface area contributed by atoms with Crippen LogP contribution in [0.5, 0.6) is 0 Å². The lowest BCUT2D eigenvalue weighted by molar-refractivity contribution is -0.133. The van der Waals surface area contributed by atoms with Crippen molar-refractivity contribution >= 4 is 39.4 Å². The standard InChI is InChI=1S/C19H22N4O3S/c1-21-12-17(25)23(19(21)26)11-5-9-16(24)22-10-4-7-14(22)18-20-13-6-2-3-8-15(13)27-18/h2-3,6,8,14H,4-5,7,9-12H2,1H3. The number of imide groups is 1. The summed E-state index contributed by atoms with van der Waals surface area (Å²) >= 11 is 1.65. The lowest BCUT2D eigenvalue weighted by atomic mass is 10.2. The Morgan fingerprint density at radius 1 is 1.30 bits per heavy atom. The number of hydrogen-bond acceptors (Lipinski definition) is 5. The smallest absolute Gasteiger partial charge is 0.326 e. The van der Waals surface area contributed by atoms with Gasteiger partial charge in [0.2, 0.25) is 11.8 Å². The number of benzene rings is 1. The van der Waals surface area contributed by atoms with Crippen molar-refractivity contribution in [3.8, 4) is 0 Å². The molecule has 142 valence electrons. The Hall–Kier alpha value is -2.48. The van der Waals surface area contributed by atoms with E-state index in [9.17, 15) is 14.4 Å². The number of hydrogen-bond donors (Lipinski definition) is 0. The van der Waals surface area contributed by atoms with E-state index in [1.165, 1.54) is 9.80 Å². The van der Waals surface area contributed by atoms with Crippen LogP contribution in [-0.4, -0.2) is 64.2 Å². The summed E-state index contributed by atoms with van der Waals surface area (Å²) in [7, 11) is 1.61. The van der Waals surface area contributed by atoms with Gasteiger partial charge in [-0.1, -0.05) is 12.1 Å². The number of para-hydroxylation sites is 1. The van der Waals surface area contributed by atoms with Crippen LogP contribution in [0.25, 0.3) is 10.2 Å². The van der Waals surface area contributed by atoms with Crippen molar-refractivity contribution in [3.05, 3.63) is 29.3 Å². The summed E-state index contributed by atoms with van der Waals surface area (Å²) in [6, 6.07) is 7.79. The molecular weight excluding hydrogens is 364 g/mol. The summed E-state index contributed by atoms with van der Waals surface area (Å²) < 4.78 is 1.14. The third-order valence-electron chi connectivity index (χ3n) is 5.17. The van der Waals surface area contributed by atoms with Gasteiger partial charge >= 0.3 is 6.03 Å². The molecule has 7 nitrogen and oxygen atoms in total. The number of amides is 4. The number of carbonyl (C=O) groups excluding carboxylic acids is 3. The molecule has 1 aromatic carbocycles. The van der Waals surface area contributed by atoms with E-state index < -0.39 is 0 Å². The lowest BCUT2D eigenvalue weighted by Gasteiger charge is -2.23. The molecule has 1 aromatic heterocycles. The minimum absolute atomic E-state index is 0.0380.